The summed E-state index contributed by atoms with van der Waals surface area (Å²) in [6.45, 7) is 6.40. The van der Waals surface area contributed by atoms with Crippen molar-refractivity contribution in [3.8, 4) is 11.8 Å². The van der Waals surface area contributed by atoms with Crippen molar-refractivity contribution in [3.05, 3.63) is 89.1 Å². The minimum absolute atomic E-state index is 0.301. The third-order valence-electron chi connectivity index (χ3n) is 5.43. The Bertz CT molecular complexity index is 1190. The van der Waals surface area contributed by atoms with Gasteiger partial charge in [0.05, 0.1) is 17.7 Å². The first-order chi connectivity index (χ1) is 14.9. The van der Waals surface area contributed by atoms with Gasteiger partial charge in [-0.1, -0.05) is 75.4 Å². The maximum Gasteiger partial charge on any atom is 0.319 e. The quantitative estimate of drug-likeness (QED) is 0.587. The van der Waals surface area contributed by atoms with Crippen LogP contribution in [0.15, 0.2) is 78.0 Å². The second-order valence-electron chi connectivity index (χ2n) is 8.68. The number of carbonyl (C=O) groups is 1. The molecule has 0 aromatic heterocycles. The number of hydrogen-bond donors (Lipinski definition) is 2. The number of ether oxygens (including phenoxy) is 1. The van der Waals surface area contributed by atoms with E-state index in [1.807, 2.05) is 63.2 Å². The average Bonchev–Trinajstić information content (AvgIpc) is 2.77. The number of fused-ring (bicyclic) bond motifs is 1. The van der Waals surface area contributed by atoms with Gasteiger partial charge < -0.3 is 15.4 Å². The molecule has 1 aliphatic rings. The van der Waals surface area contributed by atoms with Crippen LogP contribution in [0.4, 0.5) is 4.79 Å². The summed E-state index contributed by atoms with van der Waals surface area (Å²) in [6, 6.07) is 23.5. The van der Waals surface area contributed by atoms with Crippen molar-refractivity contribution in [2.24, 2.45) is 5.41 Å². The summed E-state index contributed by atoms with van der Waals surface area (Å²) < 4.78 is 6.02. The highest BCUT2D eigenvalue weighted by Gasteiger charge is 2.33. The molecule has 0 aliphatic carbocycles. The zero-order chi connectivity index (χ0) is 22.0. The molecule has 2 amide bonds. The predicted octanol–water partition coefficient (Wildman–Crippen LogP) is 5.60. The number of amides is 2. The minimum Gasteiger partial charge on any atom is -0.489 e. The lowest BCUT2D eigenvalue weighted by atomic mass is 9.84. The molecule has 31 heavy (non-hydrogen) atoms. The summed E-state index contributed by atoms with van der Waals surface area (Å²) in [5, 5.41) is 17.8. The molecule has 2 N–H and O–H groups in total. The molecule has 5 heteroatoms. The van der Waals surface area contributed by atoms with Crippen molar-refractivity contribution in [1.29, 1.82) is 5.26 Å². The van der Waals surface area contributed by atoms with E-state index in [0.717, 1.165) is 16.9 Å². The van der Waals surface area contributed by atoms with Gasteiger partial charge in [-0.15, -0.1) is 0 Å². The van der Waals surface area contributed by atoms with Gasteiger partial charge in [0.25, 0.3) is 0 Å². The molecule has 0 fully saturated rings. The Kier molecular flexibility index (Phi) is 5.39. The van der Waals surface area contributed by atoms with Crippen LogP contribution >= 0.6 is 0 Å². The number of rotatable bonds is 4. The molecular weight excluding hydrogens is 386 g/mol. The molecule has 1 atom stereocenters. The first-order valence-corrected chi connectivity index (χ1v) is 10.3. The number of nitrogens with one attached hydrogen (secondary N) is 2. The molecule has 3 aromatic carbocycles. The fourth-order valence-electron chi connectivity index (χ4n) is 3.86. The zero-order valence-corrected chi connectivity index (χ0v) is 17.9. The maximum atomic E-state index is 12.2. The lowest BCUT2D eigenvalue weighted by molar-refractivity contribution is 0.235. The minimum atomic E-state index is -0.486. The molecule has 0 bridgehead atoms. The van der Waals surface area contributed by atoms with E-state index in [4.69, 9.17) is 4.74 Å². The van der Waals surface area contributed by atoms with Crippen LogP contribution in [-0.2, 0) is 6.61 Å². The second-order valence-corrected chi connectivity index (χ2v) is 8.68. The van der Waals surface area contributed by atoms with Gasteiger partial charge in [-0.25, -0.2) is 4.79 Å². The molecule has 4 rings (SSSR count). The van der Waals surface area contributed by atoms with Crippen LogP contribution in [0.2, 0.25) is 0 Å². The lowest BCUT2D eigenvalue weighted by Gasteiger charge is -2.33. The van der Waals surface area contributed by atoms with E-state index in [9.17, 15) is 10.1 Å². The van der Waals surface area contributed by atoms with E-state index >= 15 is 0 Å². The van der Waals surface area contributed by atoms with Crippen molar-refractivity contribution in [3.63, 3.8) is 0 Å². The normalized spacial score (nSPS) is 16.5. The van der Waals surface area contributed by atoms with Crippen molar-refractivity contribution in [2.75, 3.05) is 0 Å². The Morgan fingerprint density at radius 2 is 1.71 bits per heavy atom. The van der Waals surface area contributed by atoms with Crippen LogP contribution in [0.3, 0.4) is 0 Å². The Labute approximate surface area is 182 Å². The molecule has 5 nitrogen and oxygen atoms in total. The van der Waals surface area contributed by atoms with Gasteiger partial charge in [-0.05, 0) is 34.0 Å². The molecule has 1 aliphatic heterocycles. The van der Waals surface area contributed by atoms with E-state index in [1.165, 1.54) is 10.8 Å². The third-order valence-corrected chi connectivity index (χ3v) is 5.43. The number of benzene rings is 3. The van der Waals surface area contributed by atoms with Crippen LogP contribution in [0.25, 0.3) is 10.8 Å². The molecule has 0 spiro atoms. The van der Waals surface area contributed by atoms with E-state index in [-0.39, 0.29) is 11.4 Å². The first-order valence-electron chi connectivity index (χ1n) is 10.3. The van der Waals surface area contributed by atoms with Gasteiger partial charge in [-0.2, -0.15) is 5.26 Å². The third kappa shape index (κ3) is 4.24. The highest BCUT2D eigenvalue weighted by Crippen LogP contribution is 2.35. The van der Waals surface area contributed by atoms with Crippen molar-refractivity contribution < 1.29 is 9.53 Å². The number of nitriles is 1. The Morgan fingerprint density at radius 3 is 2.42 bits per heavy atom. The van der Waals surface area contributed by atoms with E-state index in [1.54, 1.807) is 0 Å². The molecule has 0 saturated heterocycles. The summed E-state index contributed by atoms with van der Waals surface area (Å²) >= 11 is 0. The van der Waals surface area contributed by atoms with Crippen LogP contribution in [-0.4, -0.2) is 6.03 Å². The second kappa shape index (κ2) is 8.16. The number of urea groups is 1. The van der Waals surface area contributed by atoms with Crippen LogP contribution in [0.5, 0.6) is 5.75 Å². The molecule has 0 unspecified atom stereocenters. The Hall–Kier alpha value is -3.78. The summed E-state index contributed by atoms with van der Waals surface area (Å²) in [4.78, 5) is 12.2. The van der Waals surface area contributed by atoms with Crippen molar-refractivity contribution in [1.82, 2.24) is 10.6 Å². The van der Waals surface area contributed by atoms with E-state index < -0.39 is 6.04 Å². The van der Waals surface area contributed by atoms with E-state index in [2.05, 4.69) is 41.0 Å². The monoisotopic (exact) mass is 411 g/mol. The SMILES string of the molecule is CC(C)(C)C1=C(C#N)[C@H](c2ccc(OCc3cccc4ccccc34)cc2)NC(=O)N1. The van der Waals surface area contributed by atoms with Gasteiger partial charge in [0, 0.05) is 11.1 Å². The van der Waals surface area contributed by atoms with Crippen LogP contribution in [0.1, 0.15) is 37.9 Å². The first kappa shape index (κ1) is 20.5. The summed E-state index contributed by atoms with van der Waals surface area (Å²) in [6.07, 6.45) is 0. The molecule has 0 radical (unpaired) electrons. The summed E-state index contributed by atoms with van der Waals surface area (Å²) in [7, 11) is 0. The fraction of sp³-hybridized carbons (Fsp3) is 0.231. The van der Waals surface area contributed by atoms with Crippen LogP contribution in [0, 0.1) is 16.7 Å². The van der Waals surface area contributed by atoms with Gasteiger partial charge in [0.15, 0.2) is 0 Å². The van der Waals surface area contributed by atoms with Gasteiger partial charge >= 0.3 is 6.03 Å². The lowest BCUT2D eigenvalue weighted by Crippen LogP contribution is -2.46. The van der Waals surface area contributed by atoms with Gasteiger partial charge in [0.2, 0.25) is 0 Å². The molecular formula is C26H25N3O2. The van der Waals surface area contributed by atoms with Crippen molar-refractivity contribution in [2.45, 2.75) is 33.4 Å². The predicted molar refractivity (Wildman–Crippen MR) is 121 cm³/mol. The summed E-state index contributed by atoms with van der Waals surface area (Å²) in [5.41, 5.74) is 2.79. The Morgan fingerprint density at radius 1 is 1.00 bits per heavy atom. The van der Waals surface area contributed by atoms with Gasteiger partial charge in [0.1, 0.15) is 12.4 Å². The molecule has 3 aromatic rings. The highest BCUT2D eigenvalue weighted by atomic mass is 16.5. The van der Waals surface area contributed by atoms with Gasteiger partial charge in [-0.3, -0.25) is 0 Å². The number of carbonyl (C=O) groups excluding carboxylic acids is 1. The molecule has 0 saturated carbocycles. The maximum absolute atomic E-state index is 12.2. The standard InChI is InChI=1S/C26H25N3O2/c1-26(2,3)24-22(15-27)23(28-25(30)29-24)18-11-13-20(14-12-18)31-16-19-9-6-8-17-7-4-5-10-21(17)19/h4-14,23H,16H2,1-3H3,(H2,28,29,30)/t23-/m0/s1. The molecule has 1 heterocycles. The largest absolute Gasteiger partial charge is 0.489 e. The smallest absolute Gasteiger partial charge is 0.319 e. The topological polar surface area (TPSA) is 74.1 Å². The highest BCUT2D eigenvalue weighted by molar-refractivity contribution is 5.85. The number of nitrogens with zero attached hydrogens (tertiary/aromatic N) is 1. The average molecular weight is 412 g/mol. The van der Waals surface area contributed by atoms with Crippen LogP contribution < -0.4 is 15.4 Å². The zero-order valence-electron chi connectivity index (χ0n) is 17.9. The van der Waals surface area contributed by atoms with E-state index in [0.29, 0.717) is 17.9 Å². The Balaban J connectivity index is 1.55. The fourth-order valence-corrected chi connectivity index (χ4v) is 3.86. The number of allylic oxidation sites excluding steroid dienone is 1. The van der Waals surface area contributed by atoms with Crippen molar-refractivity contribution >= 4 is 16.8 Å². The number of hydrogen-bond acceptors (Lipinski definition) is 3. The summed E-state index contributed by atoms with van der Waals surface area (Å²) in [5.74, 6) is 0.732. The molecule has 156 valence electrons.